The van der Waals surface area contributed by atoms with E-state index in [4.69, 9.17) is 27.9 Å². The van der Waals surface area contributed by atoms with Gasteiger partial charge in [-0.05, 0) is 30.3 Å². The summed E-state index contributed by atoms with van der Waals surface area (Å²) < 4.78 is 7.28. The molecule has 0 bridgehead atoms. The first kappa shape index (κ1) is 20.4. The second-order valence-corrected chi connectivity index (χ2v) is 8.31. The molecule has 9 heteroatoms. The first-order chi connectivity index (χ1) is 14.4. The van der Waals surface area contributed by atoms with Crippen LogP contribution >= 0.6 is 34.5 Å². The average Bonchev–Trinajstić information content (AvgIpc) is 3.08. The summed E-state index contributed by atoms with van der Waals surface area (Å²) in [5.74, 6) is 0.109. The molecule has 0 saturated carbocycles. The van der Waals surface area contributed by atoms with Crippen molar-refractivity contribution < 1.29 is 14.3 Å². The number of methoxy groups -OCH3 is 1. The number of aromatic nitrogens is 1. The maximum Gasteiger partial charge on any atom is 0.256 e. The van der Waals surface area contributed by atoms with Crippen molar-refractivity contribution in [2.75, 3.05) is 17.7 Å². The normalized spacial score (nSPS) is 10.9. The maximum atomic E-state index is 13.2. The van der Waals surface area contributed by atoms with Gasteiger partial charge < -0.3 is 15.4 Å². The van der Waals surface area contributed by atoms with Crippen molar-refractivity contribution >= 4 is 77.9 Å². The number of pyridine rings is 1. The summed E-state index contributed by atoms with van der Waals surface area (Å²) in [4.78, 5) is 28.6. The third-order valence-electron chi connectivity index (χ3n) is 4.46. The average molecular weight is 460 g/mol. The van der Waals surface area contributed by atoms with Crippen LogP contribution in [-0.2, 0) is 4.79 Å². The number of carbonyl (C=O) groups excluding carboxylic acids is 2. The molecule has 0 aliphatic rings. The van der Waals surface area contributed by atoms with Gasteiger partial charge >= 0.3 is 0 Å². The molecule has 2 aromatic carbocycles. The third kappa shape index (κ3) is 3.67. The lowest BCUT2D eigenvalue weighted by Crippen LogP contribution is -2.13. The number of hydrogen-bond acceptors (Lipinski definition) is 5. The molecule has 0 atom stereocenters. The van der Waals surface area contributed by atoms with E-state index >= 15 is 0 Å². The molecule has 2 heterocycles. The number of ether oxygens (including phenoxy) is 1. The highest BCUT2D eigenvalue weighted by atomic mass is 35.5. The number of fused-ring (bicyclic) bond motifs is 3. The summed E-state index contributed by atoms with van der Waals surface area (Å²) in [6, 6.07) is 9.01. The van der Waals surface area contributed by atoms with Gasteiger partial charge in [-0.1, -0.05) is 23.2 Å². The number of nitrogens with one attached hydrogen (secondary N) is 2. The molecule has 4 aromatic rings. The van der Waals surface area contributed by atoms with Crippen LogP contribution in [0.3, 0.4) is 0 Å². The van der Waals surface area contributed by atoms with E-state index in [9.17, 15) is 9.59 Å². The predicted octanol–water partition coefficient (Wildman–Crippen LogP) is 5.98. The Morgan fingerprint density at radius 2 is 1.80 bits per heavy atom. The molecule has 0 aliphatic heterocycles. The van der Waals surface area contributed by atoms with Gasteiger partial charge in [0.2, 0.25) is 5.91 Å². The number of nitrogens with zero attached hydrogens (tertiary/aromatic N) is 1. The zero-order valence-electron chi connectivity index (χ0n) is 15.9. The highest BCUT2D eigenvalue weighted by molar-refractivity contribution is 7.26. The lowest BCUT2D eigenvalue weighted by Gasteiger charge is -2.11. The van der Waals surface area contributed by atoms with Crippen molar-refractivity contribution in [1.29, 1.82) is 0 Å². The number of halogens is 2. The fourth-order valence-corrected chi connectivity index (χ4v) is 4.86. The molecule has 0 unspecified atom stereocenters. The molecule has 0 saturated heterocycles. The third-order valence-corrected chi connectivity index (χ3v) is 6.22. The van der Waals surface area contributed by atoms with Gasteiger partial charge in [0, 0.05) is 46.0 Å². The molecule has 152 valence electrons. The molecule has 2 N–H and O–H groups in total. The lowest BCUT2D eigenvalue weighted by molar-refractivity contribution is -0.114. The largest absolute Gasteiger partial charge is 0.495 e. The van der Waals surface area contributed by atoms with E-state index in [2.05, 4.69) is 15.6 Å². The summed E-state index contributed by atoms with van der Waals surface area (Å²) in [5.41, 5.74) is 1.37. The molecule has 0 spiro atoms. The first-order valence-corrected chi connectivity index (χ1v) is 10.4. The quantitative estimate of drug-likeness (QED) is 0.393. The molecule has 2 amide bonds. The van der Waals surface area contributed by atoms with E-state index in [1.165, 1.54) is 30.7 Å². The topological polar surface area (TPSA) is 80.3 Å². The zero-order valence-corrected chi connectivity index (χ0v) is 18.2. The van der Waals surface area contributed by atoms with Crippen LogP contribution in [0.4, 0.5) is 11.4 Å². The van der Waals surface area contributed by atoms with Crippen molar-refractivity contribution in [3.05, 3.63) is 58.3 Å². The molecule has 0 aliphatic carbocycles. The van der Waals surface area contributed by atoms with Crippen LogP contribution in [0.1, 0.15) is 17.3 Å². The highest BCUT2D eigenvalue weighted by Gasteiger charge is 2.20. The van der Waals surface area contributed by atoms with Crippen molar-refractivity contribution in [2.24, 2.45) is 0 Å². The van der Waals surface area contributed by atoms with E-state index in [1.54, 1.807) is 19.2 Å². The van der Waals surface area contributed by atoms with E-state index in [0.717, 1.165) is 20.2 Å². The van der Waals surface area contributed by atoms with Gasteiger partial charge in [-0.2, -0.15) is 0 Å². The van der Waals surface area contributed by atoms with Crippen molar-refractivity contribution in [2.45, 2.75) is 6.92 Å². The summed E-state index contributed by atoms with van der Waals surface area (Å²) in [7, 11) is 1.58. The van der Waals surface area contributed by atoms with Gasteiger partial charge in [-0.3, -0.25) is 14.6 Å². The van der Waals surface area contributed by atoms with Crippen LogP contribution in [0, 0.1) is 0 Å². The minimum Gasteiger partial charge on any atom is -0.495 e. The SMILES string of the molecule is COc1ccc(C(=O)Nc2c(Cl)cncc2Cl)c2c1sc1ccc(NC(C)=O)cc12. The molecular formula is C21H15Cl2N3O3S. The number of hydrogen-bond donors (Lipinski definition) is 2. The number of rotatable bonds is 4. The maximum absolute atomic E-state index is 13.2. The second kappa shape index (κ2) is 8.10. The Labute approximate surface area is 185 Å². The van der Waals surface area contributed by atoms with Crippen LogP contribution in [0.15, 0.2) is 42.7 Å². The van der Waals surface area contributed by atoms with Crippen LogP contribution in [0.5, 0.6) is 5.75 Å². The van der Waals surface area contributed by atoms with Gasteiger partial charge in [0.25, 0.3) is 5.91 Å². The van der Waals surface area contributed by atoms with Crippen molar-refractivity contribution in [3.8, 4) is 5.75 Å². The molecule has 0 fully saturated rings. The predicted molar refractivity (Wildman–Crippen MR) is 122 cm³/mol. The van der Waals surface area contributed by atoms with E-state index in [1.807, 2.05) is 18.2 Å². The monoisotopic (exact) mass is 459 g/mol. The molecule has 30 heavy (non-hydrogen) atoms. The minimum atomic E-state index is -0.373. The number of carbonyl (C=O) groups is 2. The molecule has 6 nitrogen and oxygen atoms in total. The summed E-state index contributed by atoms with van der Waals surface area (Å²) in [6.07, 6.45) is 2.82. The van der Waals surface area contributed by atoms with E-state index in [0.29, 0.717) is 22.7 Å². The van der Waals surface area contributed by atoms with Crippen molar-refractivity contribution in [3.63, 3.8) is 0 Å². The fraction of sp³-hybridized carbons (Fsp3) is 0.0952. The summed E-state index contributed by atoms with van der Waals surface area (Å²) in [5, 5.41) is 7.58. The van der Waals surface area contributed by atoms with Crippen molar-refractivity contribution in [1.82, 2.24) is 4.98 Å². The molecular weight excluding hydrogens is 445 g/mol. The van der Waals surface area contributed by atoms with E-state index in [-0.39, 0.29) is 21.9 Å². The van der Waals surface area contributed by atoms with E-state index < -0.39 is 0 Å². The summed E-state index contributed by atoms with van der Waals surface area (Å²) >= 11 is 13.8. The van der Waals surface area contributed by atoms with Crippen LogP contribution in [0.25, 0.3) is 20.2 Å². The van der Waals surface area contributed by atoms with Gasteiger partial charge in [-0.25, -0.2) is 0 Å². The van der Waals surface area contributed by atoms with Gasteiger partial charge in [0.1, 0.15) is 5.75 Å². The fourth-order valence-electron chi connectivity index (χ4n) is 3.20. The van der Waals surface area contributed by atoms with Crippen LogP contribution in [0.2, 0.25) is 10.0 Å². The first-order valence-electron chi connectivity index (χ1n) is 8.80. The number of thiophene rings is 1. The Morgan fingerprint density at radius 3 is 2.47 bits per heavy atom. The number of benzene rings is 2. The second-order valence-electron chi connectivity index (χ2n) is 6.45. The van der Waals surface area contributed by atoms with Gasteiger partial charge in [0.05, 0.1) is 27.5 Å². The smallest absolute Gasteiger partial charge is 0.256 e. The Kier molecular flexibility index (Phi) is 5.51. The Balaban J connectivity index is 1.90. The standard InChI is InChI=1S/C21H15Cl2N3O3S/c1-10(27)25-11-3-6-17-13(7-11)18-12(4-5-16(29-2)20(18)30-17)21(28)26-19-14(22)8-24-9-15(19)23/h3-9H,1-2H3,(H,25,27)(H,24,26,28). The zero-order chi connectivity index (χ0) is 21.4. The Hall–Kier alpha value is -2.87. The number of amides is 2. The number of anilines is 2. The Bertz CT molecular complexity index is 1300. The van der Waals surface area contributed by atoms with Crippen LogP contribution in [-0.4, -0.2) is 23.9 Å². The minimum absolute atomic E-state index is 0.175. The molecule has 4 rings (SSSR count). The van der Waals surface area contributed by atoms with Gasteiger partial charge in [-0.15, -0.1) is 11.3 Å². The lowest BCUT2D eigenvalue weighted by atomic mass is 10.0. The van der Waals surface area contributed by atoms with Crippen LogP contribution < -0.4 is 15.4 Å². The highest BCUT2D eigenvalue weighted by Crippen LogP contribution is 2.42. The Morgan fingerprint density at radius 1 is 1.07 bits per heavy atom. The molecule has 0 radical (unpaired) electrons. The molecule has 2 aromatic heterocycles. The summed E-state index contributed by atoms with van der Waals surface area (Å²) in [6.45, 7) is 1.44. The van der Waals surface area contributed by atoms with Gasteiger partial charge in [0.15, 0.2) is 0 Å².